The molecule has 0 aliphatic rings. The summed E-state index contributed by atoms with van der Waals surface area (Å²) >= 11 is 5.80. The van der Waals surface area contributed by atoms with Gasteiger partial charge in [0.1, 0.15) is 11.8 Å². The molecule has 0 aliphatic carbocycles. The van der Waals surface area contributed by atoms with Crippen LogP contribution in [0.5, 0.6) is 11.5 Å². The highest BCUT2D eigenvalue weighted by atomic mass is 35.5. The summed E-state index contributed by atoms with van der Waals surface area (Å²) in [6.45, 7) is 0. The fourth-order valence-corrected chi connectivity index (χ4v) is 1.55. The predicted molar refractivity (Wildman–Crippen MR) is 62.6 cm³/mol. The lowest BCUT2D eigenvalue weighted by Gasteiger charge is -2.07. The maximum atomic E-state index is 13.3. The van der Waals surface area contributed by atoms with Gasteiger partial charge in [-0.3, -0.25) is 0 Å². The highest BCUT2D eigenvalue weighted by Gasteiger charge is 2.10. The van der Waals surface area contributed by atoms with E-state index < -0.39 is 11.6 Å². The standard InChI is InChI=1S/C13H6ClF2NO/c14-10-6-9(5-4-8(10)7-17)18-12-3-1-2-11(15)13(12)16/h1-6H. The fraction of sp³-hybridized carbons (Fsp3) is 0. The van der Waals surface area contributed by atoms with E-state index in [2.05, 4.69) is 0 Å². The van der Waals surface area contributed by atoms with Gasteiger partial charge < -0.3 is 4.74 Å². The van der Waals surface area contributed by atoms with E-state index in [0.717, 1.165) is 6.07 Å². The molecule has 2 aromatic carbocycles. The van der Waals surface area contributed by atoms with Gasteiger partial charge in [-0.25, -0.2) is 4.39 Å². The molecule has 18 heavy (non-hydrogen) atoms. The van der Waals surface area contributed by atoms with Gasteiger partial charge in [0.2, 0.25) is 5.82 Å². The molecule has 0 fully saturated rings. The number of benzene rings is 2. The van der Waals surface area contributed by atoms with Crippen LogP contribution in [0, 0.1) is 23.0 Å². The molecule has 90 valence electrons. The first-order valence-corrected chi connectivity index (χ1v) is 5.31. The summed E-state index contributed by atoms with van der Waals surface area (Å²) in [5.41, 5.74) is 0.281. The molecule has 0 saturated heterocycles. The van der Waals surface area contributed by atoms with E-state index in [1.54, 1.807) is 0 Å². The van der Waals surface area contributed by atoms with E-state index in [1.165, 1.54) is 30.3 Å². The van der Waals surface area contributed by atoms with Gasteiger partial charge in [0.25, 0.3) is 0 Å². The summed E-state index contributed by atoms with van der Waals surface area (Å²) in [7, 11) is 0. The Kier molecular flexibility index (Phi) is 3.45. The average Bonchev–Trinajstić information content (AvgIpc) is 2.35. The van der Waals surface area contributed by atoms with Crippen molar-refractivity contribution in [1.82, 2.24) is 0 Å². The Labute approximate surface area is 107 Å². The van der Waals surface area contributed by atoms with Crippen LogP contribution in [-0.2, 0) is 0 Å². The van der Waals surface area contributed by atoms with Crippen molar-refractivity contribution in [3.63, 3.8) is 0 Å². The van der Waals surface area contributed by atoms with Crippen molar-refractivity contribution in [2.45, 2.75) is 0 Å². The maximum Gasteiger partial charge on any atom is 0.201 e. The number of nitrogens with zero attached hydrogens (tertiary/aromatic N) is 1. The number of hydrogen-bond donors (Lipinski definition) is 0. The molecule has 0 radical (unpaired) electrons. The highest BCUT2D eigenvalue weighted by Crippen LogP contribution is 2.28. The zero-order valence-electron chi connectivity index (χ0n) is 8.95. The molecule has 2 nitrogen and oxygen atoms in total. The van der Waals surface area contributed by atoms with Crippen molar-refractivity contribution >= 4 is 11.6 Å². The van der Waals surface area contributed by atoms with E-state index in [1.807, 2.05) is 6.07 Å². The van der Waals surface area contributed by atoms with Gasteiger partial charge in [-0.2, -0.15) is 9.65 Å². The minimum Gasteiger partial charge on any atom is -0.454 e. The summed E-state index contributed by atoms with van der Waals surface area (Å²) in [5, 5.41) is 8.88. The van der Waals surface area contributed by atoms with E-state index >= 15 is 0 Å². The van der Waals surface area contributed by atoms with E-state index in [-0.39, 0.29) is 22.1 Å². The molecule has 2 aromatic rings. The lowest BCUT2D eigenvalue weighted by atomic mass is 10.2. The smallest absolute Gasteiger partial charge is 0.201 e. The van der Waals surface area contributed by atoms with Crippen LogP contribution in [0.25, 0.3) is 0 Å². The molecular formula is C13H6ClF2NO. The third-order valence-electron chi connectivity index (χ3n) is 2.20. The SMILES string of the molecule is N#Cc1ccc(Oc2cccc(F)c2F)cc1Cl. The van der Waals surface area contributed by atoms with Gasteiger partial charge >= 0.3 is 0 Å². The average molecular weight is 266 g/mol. The largest absolute Gasteiger partial charge is 0.454 e. The van der Waals surface area contributed by atoms with Crippen molar-refractivity contribution < 1.29 is 13.5 Å². The molecule has 0 heterocycles. The van der Waals surface area contributed by atoms with Gasteiger partial charge in [0, 0.05) is 6.07 Å². The lowest BCUT2D eigenvalue weighted by molar-refractivity contribution is 0.416. The highest BCUT2D eigenvalue weighted by molar-refractivity contribution is 6.31. The molecule has 0 aromatic heterocycles. The normalized spacial score (nSPS) is 9.89. The van der Waals surface area contributed by atoms with Crippen LogP contribution in [0.2, 0.25) is 5.02 Å². The Morgan fingerprint density at radius 3 is 2.61 bits per heavy atom. The van der Waals surface area contributed by atoms with E-state index in [4.69, 9.17) is 21.6 Å². The second-order valence-corrected chi connectivity index (χ2v) is 3.81. The Morgan fingerprint density at radius 1 is 1.17 bits per heavy atom. The Balaban J connectivity index is 2.32. The number of hydrogen-bond acceptors (Lipinski definition) is 2. The monoisotopic (exact) mass is 265 g/mol. The van der Waals surface area contributed by atoms with Gasteiger partial charge in [-0.1, -0.05) is 17.7 Å². The molecule has 0 bridgehead atoms. The first-order valence-electron chi connectivity index (χ1n) is 4.93. The van der Waals surface area contributed by atoms with Crippen molar-refractivity contribution in [1.29, 1.82) is 5.26 Å². The van der Waals surface area contributed by atoms with Crippen LogP contribution >= 0.6 is 11.6 Å². The summed E-state index contributed by atoms with van der Waals surface area (Å²) in [5.74, 6) is -2.08. The molecule has 0 aliphatic heterocycles. The first-order chi connectivity index (χ1) is 8.61. The molecule has 5 heteroatoms. The van der Waals surface area contributed by atoms with Crippen LogP contribution < -0.4 is 4.74 Å². The quantitative estimate of drug-likeness (QED) is 0.812. The lowest BCUT2D eigenvalue weighted by Crippen LogP contribution is -1.91. The van der Waals surface area contributed by atoms with Gasteiger partial charge in [0.15, 0.2) is 11.6 Å². The van der Waals surface area contributed by atoms with Crippen molar-refractivity contribution in [3.8, 4) is 17.6 Å². The van der Waals surface area contributed by atoms with Crippen molar-refractivity contribution in [3.05, 3.63) is 58.6 Å². The Bertz CT molecular complexity index is 637. The molecule has 0 atom stereocenters. The third-order valence-corrected chi connectivity index (χ3v) is 2.52. The predicted octanol–water partition coefficient (Wildman–Crippen LogP) is 4.28. The topological polar surface area (TPSA) is 33.0 Å². The van der Waals surface area contributed by atoms with Gasteiger partial charge in [0.05, 0.1) is 10.6 Å². The van der Waals surface area contributed by atoms with Crippen LogP contribution in [-0.4, -0.2) is 0 Å². The molecule has 0 amide bonds. The van der Waals surface area contributed by atoms with Crippen molar-refractivity contribution in [2.75, 3.05) is 0 Å². The zero-order chi connectivity index (χ0) is 13.1. The van der Waals surface area contributed by atoms with Crippen molar-refractivity contribution in [2.24, 2.45) is 0 Å². The van der Waals surface area contributed by atoms with E-state index in [0.29, 0.717) is 0 Å². The minimum absolute atomic E-state index is 0.187. The molecule has 0 spiro atoms. The van der Waals surface area contributed by atoms with Gasteiger partial charge in [-0.05, 0) is 24.3 Å². The summed E-state index contributed by atoms with van der Waals surface area (Å²) in [4.78, 5) is 0. The second-order valence-electron chi connectivity index (χ2n) is 3.41. The number of ether oxygens (including phenoxy) is 1. The van der Waals surface area contributed by atoms with Gasteiger partial charge in [-0.15, -0.1) is 0 Å². The summed E-state index contributed by atoms with van der Waals surface area (Å²) in [6.07, 6.45) is 0. The van der Waals surface area contributed by atoms with Crippen LogP contribution in [0.4, 0.5) is 8.78 Å². The van der Waals surface area contributed by atoms with Crippen LogP contribution in [0.1, 0.15) is 5.56 Å². The molecule has 2 rings (SSSR count). The number of halogens is 3. The minimum atomic E-state index is -1.07. The maximum absolute atomic E-state index is 13.3. The Morgan fingerprint density at radius 2 is 1.94 bits per heavy atom. The van der Waals surface area contributed by atoms with Crippen LogP contribution in [0.15, 0.2) is 36.4 Å². The second kappa shape index (κ2) is 5.03. The van der Waals surface area contributed by atoms with Crippen LogP contribution in [0.3, 0.4) is 0 Å². The Hall–Kier alpha value is -2.12. The fourth-order valence-electron chi connectivity index (χ4n) is 1.34. The molecular weight excluding hydrogens is 260 g/mol. The summed E-state index contributed by atoms with van der Waals surface area (Å²) in [6, 6.07) is 9.77. The summed E-state index contributed by atoms with van der Waals surface area (Å²) < 4.78 is 31.5. The number of nitriles is 1. The first kappa shape index (κ1) is 12.3. The van der Waals surface area contributed by atoms with E-state index in [9.17, 15) is 8.78 Å². The number of rotatable bonds is 2. The molecule has 0 saturated carbocycles. The third kappa shape index (κ3) is 2.41. The molecule has 0 unspecified atom stereocenters. The zero-order valence-corrected chi connectivity index (χ0v) is 9.71. The molecule has 0 N–H and O–H groups in total.